The first kappa shape index (κ1) is 77.6. The topological polar surface area (TPSA) is 412 Å². The number of nitrogens with two attached hydrogens (primary N) is 2. The van der Waals surface area contributed by atoms with Gasteiger partial charge in [-0.05, 0) is 116 Å². The van der Waals surface area contributed by atoms with E-state index in [9.17, 15) is 79.2 Å². The van der Waals surface area contributed by atoms with Crippen molar-refractivity contribution in [2.24, 2.45) is 11.5 Å². The van der Waals surface area contributed by atoms with Gasteiger partial charge in [-0.15, -0.1) is 0 Å². The molecule has 28 heteroatoms. The third-order valence-electron chi connectivity index (χ3n) is 11.8. The number of carbonyl (C=O) groups is 10. The minimum absolute atomic E-state index is 0. The molecule has 0 fully saturated rings. The lowest BCUT2D eigenvalue weighted by atomic mass is 10.2. The van der Waals surface area contributed by atoms with Crippen molar-refractivity contribution in [1.29, 1.82) is 0 Å². The lowest BCUT2D eigenvalue weighted by molar-refractivity contribution is -0.166. The largest absolute Gasteiger partial charge is 0.356 e. The molecule has 0 unspecified atom stereocenters. The van der Waals surface area contributed by atoms with E-state index >= 15 is 0 Å². The van der Waals surface area contributed by atoms with Gasteiger partial charge in [-0.1, -0.05) is 20.3 Å². The van der Waals surface area contributed by atoms with Crippen molar-refractivity contribution >= 4 is 59.1 Å². The van der Waals surface area contributed by atoms with Gasteiger partial charge in [0.1, 0.15) is 0 Å². The number of carbonyl (C=O) groups excluding carboxylic acids is 10. The van der Waals surface area contributed by atoms with Crippen LogP contribution in [0.5, 0.6) is 0 Å². The van der Waals surface area contributed by atoms with E-state index in [1.807, 2.05) is 0 Å². The summed E-state index contributed by atoms with van der Waals surface area (Å²) in [7, 11) is 0. The Morgan fingerprint density at radius 2 is 0.481 bits per heavy atom. The molecule has 10 amide bonds. The highest BCUT2D eigenvalue weighted by Gasteiger charge is 2.17. The van der Waals surface area contributed by atoms with Crippen LogP contribution < -0.4 is 32.7 Å². The number of nitrogens with zero attached hydrogens (tertiary/aromatic N) is 6. The van der Waals surface area contributed by atoms with Crippen molar-refractivity contribution in [3.05, 3.63) is 0 Å². The Hall–Kier alpha value is -5.62. The number of hydrogen-bond acceptors (Lipinski definition) is 18. The quantitative estimate of drug-likeness (QED) is 0.0237. The molecule has 0 aliphatic carbocycles. The van der Waals surface area contributed by atoms with Crippen LogP contribution in [0.1, 0.15) is 188 Å². The maximum Gasteiger partial charge on any atom is 0.246 e. The summed E-state index contributed by atoms with van der Waals surface area (Å²) in [5.74, 6) is -4.10. The van der Waals surface area contributed by atoms with Crippen molar-refractivity contribution in [2.45, 2.75) is 188 Å². The maximum atomic E-state index is 12.0. The lowest BCUT2D eigenvalue weighted by Crippen LogP contribution is -2.31. The summed E-state index contributed by atoms with van der Waals surface area (Å²) >= 11 is 0. The zero-order valence-electron chi connectivity index (χ0n) is 46.5. The summed E-state index contributed by atoms with van der Waals surface area (Å²) in [5.41, 5.74) is 10.8. The third-order valence-corrected chi connectivity index (χ3v) is 11.8. The minimum atomic E-state index is -0.548. The SMILES string of the molecule is C.CC(=O)N(O)CCCCCNC(=O)CCC(=O)N(O)CCCCCNC(=O)CCC(=O)N(O)CCCCCN.CC(=O)N(O)CCCCCNC(=O)CCC(=O)N(O)CCCCCNC(=O)CCC(=O)N(O)CCCCCN. The number of hydrogen-bond donors (Lipinski definition) is 12. The van der Waals surface area contributed by atoms with Crippen molar-refractivity contribution in [2.75, 3.05) is 78.5 Å². The average molecular weight is 1140 g/mol. The molecule has 0 aromatic rings. The van der Waals surface area contributed by atoms with Crippen LogP contribution in [0, 0.1) is 0 Å². The van der Waals surface area contributed by atoms with Crippen molar-refractivity contribution < 1.29 is 79.2 Å². The molecule has 28 nitrogen and oxygen atoms in total. The van der Waals surface area contributed by atoms with Crippen LogP contribution in [0.3, 0.4) is 0 Å². The van der Waals surface area contributed by atoms with Gasteiger partial charge >= 0.3 is 0 Å². The van der Waals surface area contributed by atoms with Crippen LogP contribution in [-0.2, 0) is 47.9 Å². The highest BCUT2D eigenvalue weighted by Crippen LogP contribution is 2.06. The Morgan fingerprint density at radius 3 is 0.671 bits per heavy atom. The first-order valence-electron chi connectivity index (χ1n) is 27.5. The standard InChI is InChI=1S/2C25H48N6O8.CH4/c2*1-21(32)29(37)18-9-3-6-16-27-22(33)12-14-25(36)31(39)20-10-4-7-17-28-23(34)11-13-24(35)30(38)19-8-2-5-15-26;/h2*37-39H,2-20,26H2,1H3,(H,27,33)(H,28,34);1H4. The molecule has 0 aliphatic heterocycles. The fourth-order valence-electron chi connectivity index (χ4n) is 6.90. The Labute approximate surface area is 467 Å². The number of rotatable bonds is 46. The van der Waals surface area contributed by atoms with E-state index in [-0.39, 0.29) is 122 Å². The molecule has 79 heavy (non-hydrogen) atoms. The first-order chi connectivity index (χ1) is 37.2. The van der Waals surface area contributed by atoms with Gasteiger partial charge in [0, 0.05) is 131 Å². The van der Waals surface area contributed by atoms with E-state index in [1.165, 1.54) is 13.8 Å². The highest BCUT2D eigenvalue weighted by atomic mass is 16.5. The van der Waals surface area contributed by atoms with Crippen LogP contribution in [0.25, 0.3) is 0 Å². The molecule has 460 valence electrons. The second kappa shape index (κ2) is 51.8. The molecule has 0 bridgehead atoms. The molecule has 0 aromatic heterocycles. The number of hydroxylamine groups is 12. The molecule has 14 N–H and O–H groups in total. The summed E-state index contributed by atoms with van der Waals surface area (Å²) in [4.78, 5) is 117. The molecule has 0 atom stereocenters. The Kier molecular flexibility index (Phi) is 50.9. The second-order valence-corrected chi connectivity index (χ2v) is 18.7. The molecule has 0 saturated heterocycles. The Morgan fingerprint density at radius 1 is 0.291 bits per heavy atom. The minimum Gasteiger partial charge on any atom is -0.356 e. The average Bonchev–Trinajstić information content (AvgIpc) is 3.41. The molecule has 0 aromatic carbocycles. The van der Waals surface area contributed by atoms with Gasteiger partial charge in [0.2, 0.25) is 59.1 Å². The van der Waals surface area contributed by atoms with E-state index in [2.05, 4.69) is 21.3 Å². The summed E-state index contributed by atoms with van der Waals surface area (Å²) in [6.07, 6.45) is 11.7. The van der Waals surface area contributed by atoms with E-state index < -0.39 is 35.4 Å². The van der Waals surface area contributed by atoms with Gasteiger partial charge in [0.05, 0.1) is 0 Å². The fraction of sp³-hybridized carbons (Fsp3) is 0.804. The predicted molar refractivity (Wildman–Crippen MR) is 289 cm³/mol. The Balaban J connectivity index is -0.00000144. The number of nitrogens with one attached hydrogen (secondary N) is 4. The van der Waals surface area contributed by atoms with Crippen molar-refractivity contribution in [1.82, 2.24) is 51.6 Å². The predicted octanol–water partition coefficient (Wildman–Crippen LogP) is 2.48. The molecular formula is C51H100N12O16. The van der Waals surface area contributed by atoms with Crippen LogP contribution in [0.15, 0.2) is 0 Å². The maximum absolute atomic E-state index is 12.0. The zero-order chi connectivity index (χ0) is 58.9. The van der Waals surface area contributed by atoms with Crippen molar-refractivity contribution in [3.8, 4) is 0 Å². The van der Waals surface area contributed by atoms with Gasteiger partial charge < -0.3 is 32.7 Å². The third kappa shape index (κ3) is 48.0. The van der Waals surface area contributed by atoms with Crippen LogP contribution in [0.2, 0.25) is 0 Å². The van der Waals surface area contributed by atoms with E-state index in [0.29, 0.717) is 147 Å². The van der Waals surface area contributed by atoms with E-state index in [4.69, 9.17) is 11.5 Å². The number of amides is 10. The highest BCUT2D eigenvalue weighted by molar-refractivity contribution is 5.85. The molecule has 0 radical (unpaired) electrons. The van der Waals surface area contributed by atoms with Crippen LogP contribution >= 0.6 is 0 Å². The van der Waals surface area contributed by atoms with E-state index in [1.54, 1.807) is 0 Å². The first-order valence-corrected chi connectivity index (χ1v) is 27.5. The Bertz CT molecular complexity index is 1600. The van der Waals surface area contributed by atoms with Gasteiger partial charge in [0.25, 0.3) is 0 Å². The smallest absolute Gasteiger partial charge is 0.246 e. The van der Waals surface area contributed by atoms with Gasteiger partial charge in [0.15, 0.2) is 0 Å². The normalized spacial score (nSPS) is 10.5. The van der Waals surface area contributed by atoms with E-state index in [0.717, 1.165) is 38.5 Å². The fourth-order valence-corrected chi connectivity index (χ4v) is 6.90. The lowest BCUT2D eigenvalue weighted by Gasteiger charge is -2.15. The second-order valence-electron chi connectivity index (χ2n) is 18.7. The summed E-state index contributed by atoms with van der Waals surface area (Å²) < 4.78 is 0. The molecule has 0 spiro atoms. The van der Waals surface area contributed by atoms with Gasteiger partial charge in [-0.3, -0.25) is 79.2 Å². The molecule has 0 saturated carbocycles. The van der Waals surface area contributed by atoms with Crippen LogP contribution in [0.4, 0.5) is 0 Å². The van der Waals surface area contributed by atoms with Gasteiger partial charge in [-0.25, -0.2) is 30.4 Å². The monoisotopic (exact) mass is 1140 g/mol. The van der Waals surface area contributed by atoms with Gasteiger partial charge in [-0.2, -0.15) is 0 Å². The summed E-state index contributed by atoms with van der Waals surface area (Å²) in [6.45, 7) is 6.44. The molecule has 0 rings (SSSR count). The van der Waals surface area contributed by atoms with Crippen LogP contribution in [-0.4, -0.2) is 199 Å². The molecule has 0 aliphatic rings. The summed E-state index contributed by atoms with van der Waals surface area (Å²) in [6, 6.07) is 0. The number of unbranched alkanes of at least 4 members (excludes halogenated alkanes) is 12. The molecule has 0 heterocycles. The summed E-state index contributed by atoms with van der Waals surface area (Å²) in [5, 5.41) is 72.1. The molecular weight excluding hydrogens is 1040 g/mol. The van der Waals surface area contributed by atoms with Crippen molar-refractivity contribution in [3.63, 3.8) is 0 Å². The zero-order valence-corrected chi connectivity index (χ0v) is 46.5.